The summed E-state index contributed by atoms with van der Waals surface area (Å²) in [6, 6.07) is -0.856. The fourth-order valence-corrected chi connectivity index (χ4v) is 5.56. The van der Waals surface area contributed by atoms with Gasteiger partial charge in [-0.05, 0) is 70.4 Å². The van der Waals surface area contributed by atoms with E-state index in [2.05, 4.69) is 55.6 Å². The van der Waals surface area contributed by atoms with Gasteiger partial charge in [-0.2, -0.15) is 0 Å². The van der Waals surface area contributed by atoms with Crippen molar-refractivity contribution in [3.05, 3.63) is 36.5 Å². The molecule has 0 spiro atoms. The Bertz CT molecular complexity index is 838. The zero-order chi connectivity index (χ0) is 34.6. The van der Waals surface area contributed by atoms with Crippen molar-refractivity contribution in [1.82, 2.24) is 5.32 Å². The van der Waals surface area contributed by atoms with Gasteiger partial charge >= 0.3 is 11.9 Å². The molecule has 7 nitrogen and oxygen atoms in total. The minimum Gasteiger partial charge on any atom is -0.480 e. The summed E-state index contributed by atoms with van der Waals surface area (Å²) in [5, 5.41) is 11.9. The highest BCUT2D eigenvalue weighted by molar-refractivity contribution is 5.83. The van der Waals surface area contributed by atoms with Crippen molar-refractivity contribution in [3.8, 4) is 0 Å². The molecule has 0 heterocycles. The average molecular weight is 661 g/mol. The zero-order valence-corrected chi connectivity index (χ0v) is 30.4. The molecule has 272 valence electrons. The maximum atomic E-state index is 12.6. The highest BCUT2D eigenvalue weighted by Gasteiger charge is 2.18. The number of ether oxygens (including phenoxy) is 1. The second-order valence-electron chi connectivity index (χ2n) is 13.0. The molecule has 47 heavy (non-hydrogen) atoms. The van der Waals surface area contributed by atoms with Crippen LogP contribution in [0.5, 0.6) is 0 Å². The maximum absolute atomic E-state index is 12.6. The van der Waals surface area contributed by atoms with Gasteiger partial charge < -0.3 is 20.9 Å². The number of unbranched alkanes of at least 4 members (excludes halogenated alkanes) is 16. The molecule has 0 rings (SSSR count). The summed E-state index contributed by atoms with van der Waals surface area (Å²) in [5.74, 6) is -1.30. The first-order valence-electron chi connectivity index (χ1n) is 19.3. The lowest BCUT2D eigenvalue weighted by Gasteiger charge is -2.15. The molecule has 0 aliphatic carbocycles. The topological polar surface area (TPSA) is 119 Å². The Balaban J connectivity index is 4.32. The van der Waals surface area contributed by atoms with Crippen LogP contribution in [-0.4, -0.2) is 41.6 Å². The van der Waals surface area contributed by atoms with Crippen molar-refractivity contribution in [2.75, 3.05) is 6.54 Å². The van der Waals surface area contributed by atoms with Crippen LogP contribution < -0.4 is 11.1 Å². The van der Waals surface area contributed by atoms with Crippen molar-refractivity contribution in [2.24, 2.45) is 5.73 Å². The highest BCUT2D eigenvalue weighted by atomic mass is 16.5. The first-order chi connectivity index (χ1) is 22.9. The smallest absolute Gasteiger partial charge is 0.326 e. The SMILES string of the molecule is CC/C=C\C/C=C\C/C=C\C(CCCCCCCCC(=O)NC(CCCN)C(=O)O)OC(=O)CCCCCCCCCCCCCC. The van der Waals surface area contributed by atoms with Crippen LogP contribution >= 0.6 is 0 Å². The van der Waals surface area contributed by atoms with E-state index in [9.17, 15) is 19.5 Å². The Morgan fingerprint density at radius 1 is 0.638 bits per heavy atom. The number of carbonyl (C=O) groups excluding carboxylic acids is 2. The normalized spacial score (nSPS) is 13.1. The summed E-state index contributed by atoms with van der Waals surface area (Å²) in [6.45, 7) is 4.81. The number of esters is 1. The summed E-state index contributed by atoms with van der Waals surface area (Å²) in [4.78, 5) is 36.1. The third kappa shape index (κ3) is 31.9. The minimum absolute atomic E-state index is 0.0848. The number of carbonyl (C=O) groups is 3. The van der Waals surface area contributed by atoms with E-state index >= 15 is 0 Å². The predicted octanol–water partition coefficient (Wildman–Crippen LogP) is 10.3. The lowest BCUT2D eigenvalue weighted by Crippen LogP contribution is -2.40. The molecule has 2 atom stereocenters. The number of amides is 1. The molecule has 4 N–H and O–H groups in total. The van der Waals surface area contributed by atoms with E-state index in [4.69, 9.17) is 10.5 Å². The van der Waals surface area contributed by atoms with Crippen LogP contribution in [0.15, 0.2) is 36.5 Å². The highest BCUT2D eigenvalue weighted by Crippen LogP contribution is 2.16. The number of nitrogens with one attached hydrogen (secondary N) is 1. The van der Waals surface area contributed by atoms with Crippen LogP contribution in [0.3, 0.4) is 0 Å². The Morgan fingerprint density at radius 2 is 1.15 bits per heavy atom. The second kappa shape index (κ2) is 34.9. The van der Waals surface area contributed by atoms with Crippen LogP contribution in [-0.2, 0) is 19.1 Å². The van der Waals surface area contributed by atoms with Gasteiger partial charge in [-0.3, -0.25) is 9.59 Å². The van der Waals surface area contributed by atoms with Crippen LogP contribution in [0, 0.1) is 0 Å². The Morgan fingerprint density at radius 3 is 1.70 bits per heavy atom. The number of hydrogen-bond donors (Lipinski definition) is 3. The molecule has 7 heteroatoms. The van der Waals surface area contributed by atoms with Crippen molar-refractivity contribution in [2.45, 2.75) is 193 Å². The number of carboxylic acids is 1. The summed E-state index contributed by atoms with van der Waals surface area (Å²) in [6.07, 6.45) is 39.2. The van der Waals surface area contributed by atoms with E-state index < -0.39 is 12.0 Å². The zero-order valence-electron chi connectivity index (χ0n) is 30.4. The van der Waals surface area contributed by atoms with Crippen molar-refractivity contribution in [3.63, 3.8) is 0 Å². The maximum Gasteiger partial charge on any atom is 0.326 e. The first-order valence-corrected chi connectivity index (χ1v) is 19.3. The van der Waals surface area contributed by atoms with E-state index in [1.165, 1.54) is 64.2 Å². The average Bonchev–Trinajstić information content (AvgIpc) is 3.05. The van der Waals surface area contributed by atoms with Gasteiger partial charge in [-0.15, -0.1) is 0 Å². The van der Waals surface area contributed by atoms with E-state index in [1.807, 2.05) is 0 Å². The molecular weight excluding hydrogens is 588 g/mol. The molecule has 0 saturated carbocycles. The molecule has 0 bridgehead atoms. The van der Waals surface area contributed by atoms with E-state index in [-0.39, 0.29) is 18.0 Å². The summed E-state index contributed by atoms with van der Waals surface area (Å²) >= 11 is 0. The van der Waals surface area contributed by atoms with Crippen molar-refractivity contribution in [1.29, 1.82) is 0 Å². The summed E-state index contributed by atoms with van der Waals surface area (Å²) in [5.41, 5.74) is 5.46. The van der Waals surface area contributed by atoms with Gasteiger partial charge in [0.1, 0.15) is 12.1 Å². The van der Waals surface area contributed by atoms with E-state index in [1.54, 1.807) is 0 Å². The van der Waals surface area contributed by atoms with E-state index in [0.29, 0.717) is 32.2 Å². The third-order valence-electron chi connectivity index (χ3n) is 8.45. The minimum atomic E-state index is -1.01. The molecular formula is C40H72N2O5. The van der Waals surface area contributed by atoms with Crippen LogP contribution in [0.1, 0.15) is 181 Å². The third-order valence-corrected chi connectivity index (χ3v) is 8.45. The Hall–Kier alpha value is -2.41. The van der Waals surface area contributed by atoms with Gasteiger partial charge in [0.05, 0.1) is 0 Å². The van der Waals surface area contributed by atoms with Gasteiger partial charge in [0.25, 0.3) is 0 Å². The van der Waals surface area contributed by atoms with Gasteiger partial charge in [-0.1, -0.05) is 141 Å². The standard InChI is InChI=1S/C40H72N2O5/c1-3-5-7-9-11-13-14-15-16-18-24-28-34-39(44)47-36(30-25-21-17-12-10-8-6-4-2)31-26-22-19-20-23-27-33-38(43)42-37(40(45)46)32-29-35-41/h6,8,12,17,25,30,36-37H,3-5,7,9-11,13-16,18-24,26-29,31-35,41H2,1-2H3,(H,42,43)(H,45,46)/b8-6-,17-12-,30-25-. The van der Waals surface area contributed by atoms with Gasteiger partial charge in [0.15, 0.2) is 0 Å². The van der Waals surface area contributed by atoms with E-state index in [0.717, 1.165) is 77.0 Å². The van der Waals surface area contributed by atoms with Gasteiger partial charge in [0.2, 0.25) is 5.91 Å². The van der Waals surface area contributed by atoms with Crippen molar-refractivity contribution >= 4 is 17.8 Å². The number of rotatable bonds is 34. The number of aliphatic carboxylic acids is 1. The Kier molecular flexibility index (Phi) is 33.1. The molecule has 0 aliphatic heterocycles. The molecule has 0 saturated heterocycles. The largest absolute Gasteiger partial charge is 0.480 e. The molecule has 0 aromatic carbocycles. The lowest BCUT2D eigenvalue weighted by molar-refractivity contribution is -0.147. The predicted molar refractivity (Wildman–Crippen MR) is 197 cm³/mol. The van der Waals surface area contributed by atoms with Gasteiger partial charge in [-0.25, -0.2) is 4.79 Å². The molecule has 1 amide bonds. The molecule has 0 aromatic heterocycles. The van der Waals surface area contributed by atoms with Crippen LogP contribution in [0.2, 0.25) is 0 Å². The molecule has 0 fully saturated rings. The molecule has 0 aliphatic rings. The number of nitrogens with two attached hydrogens (primary N) is 1. The Labute approximate surface area is 288 Å². The van der Waals surface area contributed by atoms with Crippen molar-refractivity contribution < 1.29 is 24.2 Å². The summed E-state index contributed by atoms with van der Waals surface area (Å²) in [7, 11) is 0. The van der Waals surface area contributed by atoms with Crippen LogP contribution in [0.4, 0.5) is 0 Å². The number of allylic oxidation sites excluding steroid dienone is 5. The van der Waals surface area contributed by atoms with Crippen LogP contribution in [0.25, 0.3) is 0 Å². The molecule has 0 radical (unpaired) electrons. The fraction of sp³-hybridized carbons (Fsp3) is 0.775. The van der Waals surface area contributed by atoms with Gasteiger partial charge in [0, 0.05) is 12.8 Å². The first kappa shape index (κ1) is 44.6. The quantitative estimate of drug-likeness (QED) is 0.0359. The molecule has 2 unspecified atom stereocenters. The molecule has 0 aromatic rings. The number of carboxylic acid groups (broad SMARTS) is 1. The number of hydrogen-bond acceptors (Lipinski definition) is 5. The summed E-state index contributed by atoms with van der Waals surface area (Å²) < 4.78 is 5.90. The second-order valence-corrected chi connectivity index (χ2v) is 13.0. The lowest BCUT2D eigenvalue weighted by atomic mass is 10.0. The monoisotopic (exact) mass is 661 g/mol. The fourth-order valence-electron chi connectivity index (χ4n) is 5.56.